The average Bonchev–Trinajstić information content (AvgIpc) is 2.72. The molecule has 6 heteroatoms. The minimum absolute atomic E-state index is 0.131. The zero-order valence-corrected chi connectivity index (χ0v) is 12.4. The van der Waals surface area contributed by atoms with Gasteiger partial charge in [-0.1, -0.05) is 28.1 Å². The molecule has 5 nitrogen and oxygen atoms in total. The average molecular weight is 323 g/mol. The minimum Gasteiger partial charge on any atom is -0.383 e. The molecule has 0 bridgehead atoms. The standard InChI is InChI=1S/C13H15BrN4O/c1-17(8-9-3-5-10(14)6-4-9)13(19)11-7-16-18(2)12(11)15/h3-7H,8,15H2,1-2H3. The number of rotatable bonds is 3. The van der Waals surface area contributed by atoms with Crippen molar-refractivity contribution < 1.29 is 4.79 Å². The van der Waals surface area contributed by atoms with E-state index in [9.17, 15) is 4.79 Å². The molecule has 0 atom stereocenters. The van der Waals surface area contributed by atoms with Gasteiger partial charge in [-0.15, -0.1) is 0 Å². The highest BCUT2D eigenvalue weighted by Crippen LogP contribution is 2.15. The van der Waals surface area contributed by atoms with Gasteiger partial charge >= 0.3 is 0 Å². The van der Waals surface area contributed by atoms with Crippen molar-refractivity contribution in [2.75, 3.05) is 12.8 Å². The number of halogens is 1. The fraction of sp³-hybridized carbons (Fsp3) is 0.231. The molecule has 19 heavy (non-hydrogen) atoms. The zero-order valence-electron chi connectivity index (χ0n) is 10.8. The van der Waals surface area contributed by atoms with E-state index in [1.54, 1.807) is 19.0 Å². The predicted molar refractivity (Wildman–Crippen MR) is 77.6 cm³/mol. The highest BCUT2D eigenvalue weighted by molar-refractivity contribution is 9.10. The summed E-state index contributed by atoms with van der Waals surface area (Å²) in [5.74, 6) is 0.251. The maximum atomic E-state index is 12.2. The number of nitrogens with two attached hydrogens (primary N) is 1. The number of carbonyl (C=O) groups excluding carboxylic acids is 1. The van der Waals surface area contributed by atoms with Crippen molar-refractivity contribution in [1.29, 1.82) is 0 Å². The van der Waals surface area contributed by atoms with Crippen LogP contribution in [-0.4, -0.2) is 27.6 Å². The molecule has 1 aromatic heterocycles. The topological polar surface area (TPSA) is 64.2 Å². The highest BCUT2D eigenvalue weighted by atomic mass is 79.9. The summed E-state index contributed by atoms with van der Waals surface area (Å²) in [5, 5.41) is 3.98. The van der Waals surface area contributed by atoms with Crippen molar-refractivity contribution in [3.63, 3.8) is 0 Å². The van der Waals surface area contributed by atoms with Crippen LogP contribution in [0.25, 0.3) is 0 Å². The highest BCUT2D eigenvalue weighted by Gasteiger charge is 2.17. The molecule has 1 amide bonds. The summed E-state index contributed by atoms with van der Waals surface area (Å²) in [4.78, 5) is 13.9. The van der Waals surface area contributed by atoms with Crippen LogP contribution in [0.2, 0.25) is 0 Å². The number of aromatic nitrogens is 2. The second-order valence-electron chi connectivity index (χ2n) is 4.35. The van der Waals surface area contributed by atoms with Gasteiger partial charge in [-0.2, -0.15) is 5.10 Å². The smallest absolute Gasteiger partial charge is 0.259 e. The first kappa shape index (κ1) is 13.6. The van der Waals surface area contributed by atoms with E-state index in [4.69, 9.17) is 5.73 Å². The fourth-order valence-electron chi connectivity index (χ4n) is 1.75. The summed E-state index contributed by atoms with van der Waals surface area (Å²) in [6.07, 6.45) is 1.50. The number of anilines is 1. The number of nitrogens with zero attached hydrogens (tertiary/aromatic N) is 3. The second kappa shape index (κ2) is 5.44. The molecule has 0 saturated heterocycles. The van der Waals surface area contributed by atoms with Crippen molar-refractivity contribution in [3.8, 4) is 0 Å². The molecule has 0 aliphatic heterocycles. The summed E-state index contributed by atoms with van der Waals surface area (Å²) in [6, 6.07) is 7.85. The molecule has 2 aromatic rings. The first-order valence-electron chi connectivity index (χ1n) is 5.76. The van der Waals surface area contributed by atoms with Crippen molar-refractivity contribution in [2.24, 2.45) is 7.05 Å². The molecule has 2 N–H and O–H groups in total. The van der Waals surface area contributed by atoms with Crippen molar-refractivity contribution >= 4 is 27.7 Å². The first-order chi connectivity index (χ1) is 8.99. The van der Waals surface area contributed by atoms with Crippen LogP contribution in [0.3, 0.4) is 0 Å². The van der Waals surface area contributed by atoms with Crippen molar-refractivity contribution in [3.05, 3.63) is 46.1 Å². The van der Waals surface area contributed by atoms with Gasteiger partial charge in [-0.05, 0) is 17.7 Å². The molecule has 100 valence electrons. The van der Waals surface area contributed by atoms with E-state index in [1.807, 2.05) is 24.3 Å². The van der Waals surface area contributed by atoms with Gasteiger partial charge in [0.15, 0.2) is 0 Å². The molecule has 0 unspecified atom stereocenters. The SMILES string of the molecule is CN(Cc1ccc(Br)cc1)C(=O)c1cnn(C)c1N. The van der Waals surface area contributed by atoms with E-state index in [-0.39, 0.29) is 5.91 Å². The Labute approximate surface area is 120 Å². The van der Waals surface area contributed by atoms with E-state index < -0.39 is 0 Å². The normalized spacial score (nSPS) is 10.5. The Morgan fingerprint density at radius 2 is 2.05 bits per heavy atom. The lowest BCUT2D eigenvalue weighted by atomic mass is 10.2. The number of aryl methyl sites for hydroxylation is 1. The Hall–Kier alpha value is -1.82. The number of hydrogen-bond donors (Lipinski definition) is 1. The van der Waals surface area contributed by atoms with Crippen LogP contribution >= 0.6 is 15.9 Å². The number of carbonyl (C=O) groups is 1. The van der Waals surface area contributed by atoms with Crippen LogP contribution in [0.4, 0.5) is 5.82 Å². The molecule has 1 aromatic carbocycles. The number of benzene rings is 1. The molecule has 0 aliphatic rings. The summed E-state index contributed by atoms with van der Waals surface area (Å²) < 4.78 is 2.50. The van der Waals surface area contributed by atoms with E-state index in [2.05, 4.69) is 21.0 Å². The van der Waals surface area contributed by atoms with E-state index in [0.717, 1.165) is 10.0 Å². The van der Waals surface area contributed by atoms with Crippen LogP contribution < -0.4 is 5.73 Å². The van der Waals surface area contributed by atoms with Crippen molar-refractivity contribution in [1.82, 2.24) is 14.7 Å². The van der Waals surface area contributed by atoms with Gasteiger partial charge in [0.25, 0.3) is 5.91 Å². The Morgan fingerprint density at radius 1 is 1.42 bits per heavy atom. The monoisotopic (exact) mass is 322 g/mol. The molecule has 0 saturated carbocycles. The third-order valence-electron chi connectivity index (χ3n) is 2.89. The minimum atomic E-state index is -0.131. The van der Waals surface area contributed by atoms with Gasteiger partial charge in [0, 0.05) is 25.1 Å². The second-order valence-corrected chi connectivity index (χ2v) is 5.27. The number of amides is 1. The molecular formula is C13H15BrN4O. The molecule has 0 radical (unpaired) electrons. The Balaban J connectivity index is 2.11. The molecular weight excluding hydrogens is 308 g/mol. The third-order valence-corrected chi connectivity index (χ3v) is 3.42. The Morgan fingerprint density at radius 3 is 2.58 bits per heavy atom. The van der Waals surface area contributed by atoms with Crippen LogP contribution in [0.1, 0.15) is 15.9 Å². The number of nitrogen functional groups attached to an aromatic ring is 1. The lowest BCUT2D eigenvalue weighted by Crippen LogP contribution is -2.26. The predicted octanol–water partition coefficient (Wildman–Crippen LogP) is 2.04. The first-order valence-corrected chi connectivity index (χ1v) is 6.55. The van der Waals surface area contributed by atoms with Gasteiger partial charge in [0.1, 0.15) is 11.4 Å². The molecule has 0 fully saturated rings. The molecule has 1 heterocycles. The van der Waals surface area contributed by atoms with E-state index in [1.165, 1.54) is 10.9 Å². The van der Waals surface area contributed by atoms with E-state index in [0.29, 0.717) is 17.9 Å². The van der Waals surface area contributed by atoms with Gasteiger partial charge in [-0.25, -0.2) is 0 Å². The summed E-state index contributed by atoms with van der Waals surface area (Å²) in [6.45, 7) is 0.528. The molecule has 0 aliphatic carbocycles. The Kier molecular flexibility index (Phi) is 3.90. The zero-order chi connectivity index (χ0) is 14.0. The van der Waals surface area contributed by atoms with Crippen LogP contribution in [-0.2, 0) is 13.6 Å². The van der Waals surface area contributed by atoms with Gasteiger partial charge in [0.05, 0.1) is 6.20 Å². The van der Waals surface area contributed by atoms with Gasteiger partial charge in [0.2, 0.25) is 0 Å². The van der Waals surface area contributed by atoms with Gasteiger partial charge in [-0.3, -0.25) is 9.48 Å². The largest absolute Gasteiger partial charge is 0.383 e. The lowest BCUT2D eigenvalue weighted by molar-refractivity contribution is 0.0786. The lowest BCUT2D eigenvalue weighted by Gasteiger charge is -2.17. The molecule has 0 spiro atoms. The fourth-order valence-corrected chi connectivity index (χ4v) is 2.02. The maximum absolute atomic E-state index is 12.2. The summed E-state index contributed by atoms with van der Waals surface area (Å²) in [7, 11) is 3.46. The van der Waals surface area contributed by atoms with Crippen LogP contribution in [0.5, 0.6) is 0 Å². The third kappa shape index (κ3) is 2.96. The maximum Gasteiger partial charge on any atom is 0.259 e. The van der Waals surface area contributed by atoms with E-state index >= 15 is 0 Å². The quantitative estimate of drug-likeness (QED) is 0.940. The Bertz CT molecular complexity index is 591. The summed E-state index contributed by atoms with van der Waals surface area (Å²) >= 11 is 3.38. The number of hydrogen-bond acceptors (Lipinski definition) is 3. The van der Waals surface area contributed by atoms with Gasteiger partial charge < -0.3 is 10.6 Å². The van der Waals surface area contributed by atoms with Crippen LogP contribution in [0, 0.1) is 0 Å². The summed E-state index contributed by atoms with van der Waals surface area (Å²) in [5.41, 5.74) is 7.29. The molecule has 2 rings (SSSR count). The van der Waals surface area contributed by atoms with Crippen molar-refractivity contribution in [2.45, 2.75) is 6.54 Å². The van der Waals surface area contributed by atoms with Crippen LogP contribution in [0.15, 0.2) is 34.9 Å².